The van der Waals surface area contributed by atoms with Crippen LogP contribution in [0.15, 0.2) is 0 Å². The molecular weight excluding hydrogens is 310 g/mol. The number of rotatable bonds is 6. The molecule has 0 atom stereocenters. The molecule has 0 spiro atoms. The first-order valence-electron chi connectivity index (χ1n) is 8.69. The third kappa shape index (κ3) is 8.17. The predicted octanol–water partition coefficient (Wildman–Crippen LogP) is 1.67. The van der Waals surface area contributed by atoms with E-state index in [0.717, 1.165) is 12.8 Å². The van der Waals surface area contributed by atoms with Gasteiger partial charge in [-0.1, -0.05) is 0 Å². The highest BCUT2D eigenvalue weighted by Gasteiger charge is 2.29. The zero-order chi connectivity index (χ0) is 18.2. The maximum atomic E-state index is 12.1. The van der Waals surface area contributed by atoms with E-state index in [-0.39, 0.29) is 23.8 Å². The summed E-state index contributed by atoms with van der Waals surface area (Å²) in [5.41, 5.74) is -0.497. The number of nitrogens with zero attached hydrogens (tertiary/aromatic N) is 1. The summed E-state index contributed by atoms with van der Waals surface area (Å²) >= 11 is 0. The third-order valence-corrected chi connectivity index (χ3v) is 3.79. The minimum absolute atomic E-state index is 0.0317. The Kier molecular flexibility index (Phi) is 8.01. The van der Waals surface area contributed by atoms with Crippen molar-refractivity contribution >= 4 is 17.9 Å². The fourth-order valence-electron chi connectivity index (χ4n) is 2.52. The Morgan fingerprint density at radius 3 is 2.08 bits per heavy atom. The van der Waals surface area contributed by atoms with Crippen molar-refractivity contribution in [2.24, 2.45) is 5.92 Å². The second-order valence-electron chi connectivity index (χ2n) is 7.22. The second-order valence-corrected chi connectivity index (χ2v) is 7.22. The van der Waals surface area contributed by atoms with Crippen LogP contribution in [0.4, 0.5) is 4.79 Å². The highest BCUT2D eigenvalue weighted by molar-refractivity contribution is 5.79. The Hall–Kier alpha value is -1.79. The molecule has 0 aromatic rings. The zero-order valence-electron chi connectivity index (χ0n) is 15.3. The normalized spacial score (nSPS) is 15.8. The van der Waals surface area contributed by atoms with Crippen LogP contribution >= 0.6 is 0 Å². The molecule has 1 saturated heterocycles. The summed E-state index contributed by atoms with van der Waals surface area (Å²) < 4.78 is 5.35. The molecule has 0 saturated carbocycles. The average Bonchev–Trinajstić information content (AvgIpc) is 2.48. The minimum Gasteiger partial charge on any atom is -0.444 e. The summed E-state index contributed by atoms with van der Waals surface area (Å²) in [7, 11) is 0. The molecule has 1 aliphatic rings. The molecule has 7 heteroatoms. The topological polar surface area (TPSA) is 87.7 Å². The van der Waals surface area contributed by atoms with E-state index in [4.69, 9.17) is 4.74 Å². The number of nitrogens with one attached hydrogen (secondary N) is 2. The van der Waals surface area contributed by atoms with Crippen molar-refractivity contribution < 1.29 is 19.1 Å². The summed E-state index contributed by atoms with van der Waals surface area (Å²) in [6.45, 7) is 9.38. The van der Waals surface area contributed by atoms with Crippen molar-refractivity contribution in [2.75, 3.05) is 26.2 Å². The number of carbonyl (C=O) groups excluding carboxylic acids is 3. The number of ether oxygens (including phenoxy) is 1. The van der Waals surface area contributed by atoms with E-state index in [9.17, 15) is 14.4 Å². The van der Waals surface area contributed by atoms with Crippen LogP contribution in [0.1, 0.15) is 53.4 Å². The number of unbranched alkanes of at least 4 members (excludes halogenated alkanes) is 1. The van der Waals surface area contributed by atoms with Crippen molar-refractivity contribution in [2.45, 2.75) is 59.0 Å². The molecule has 0 unspecified atom stereocenters. The first kappa shape index (κ1) is 20.3. The van der Waals surface area contributed by atoms with Crippen LogP contribution in [0.2, 0.25) is 0 Å². The fourth-order valence-corrected chi connectivity index (χ4v) is 2.52. The van der Waals surface area contributed by atoms with Gasteiger partial charge < -0.3 is 20.3 Å². The molecule has 0 radical (unpaired) electrons. The Bertz CT molecular complexity index is 438. The van der Waals surface area contributed by atoms with Gasteiger partial charge in [-0.3, -0.25) is 9.59 Å². The smallest absolute Gasteiger partial charge is 0.410 e. The molecule has 1 rings (SSSR count). The van der Waals surface area contributed by atoms with E-state index in [1.54, 1.807) is 4.90 Å². The molecule has 0 aromatic carbocycles. The van der Waals surface area contributed by atoms with Gasteiger partial charge >= 0.3 is 6.09 Å². The molecular formula is C17H31N3O4. The Labute approximate surface area is 144 Å². The lowest BCUT2D eigenvalue weighted by molar-refractivity contribution is -0.126. The standard InChI is InChI=1S/C17H31N3O4/c1-13(21)18-9-5-6-10-19-15(22)14-7-11-20(12-8-14)16(23)24-17(2,3)4/h14H,5-12H2,1-4H3,(H,18,21)(H,19,22). The number of carbonyl (C=O) groups is 3. The number of hydrogen-bond acceptors (Lipinski definition) is 4. The molecule has 1 fully saturated rings. The van der Waals surface area contributed by atoms with Gasteiger partial charge in [-0.15, -0.1) is 0 Å². The van der Waals surface area contributed by atoms with Crippen LogP contribution in [-0.2, 0) is 14.3 Å². The van der Waals surface area contributed by atoms with Crippen molar-refractivity contribution in [3.63, 3.8) is 0 Å². The van der Waals surface area contributed by atoms with Gasteiger partial charge in [0.2, 0.25) is 11.8 Å². The highest BCUT2D eigenvalue weighted by Crippen LogP contribution is 2.19. The first-order chi connectivity index (χ1) is 11.2. The van der Waals surface area contributed by atoms with Crippen molar-refractivity contribution in [3.8, 4) is 0 Å². The van der Waals surface area contributed by atoms with Crippen LogP contribution in [0.25, 0.3) is 0 Å². The molecule has 7 nitrogen and oxygen atoms in total. The van der Waals surface area contributed by atoms with Crippen molar-refractivity contribution in [1.29, 1.82) is 0 Å². The van der Waals surface area contributed by atoms with Gasteiger partial charge in [0, 0.05) is 39.0 Å². The molecule has 3 amide bonds. The van der Waals surface area contributed by atoms with Crippen LogP contribution in [-0.4, -0.2) is 54.6 Å². The number of amides is 3. The molecule has 1 heterocycles. The number of hydrogen-bond donors (Lipinski definition) is 2. The quantitative estimate of drug-likeness (QED) is 0.719. The van der Waals surface area contributed by atoms with Gasteiger partial charge in [0.15, 0.2) is 0 Å². The van der Waals surface area contributed by atoms with Gasteiger partial charge in [-0.2, -0.15) is 0 Å². The zero-order valence-corrected chi connectivity index (χ0v) is 15.3. The number of piperidine rings is 1. The summed E-state index contributed by atoms with van der Waals surface area (Å²) in [4.78, 5) is 36.5. The van der Waals surface area contributed by atoms with E-state index < -0.39 is 5.60 Å². The largest absolute Gasteiger partial charge is 0.444 e. The van der Waals surface area contributed by atoms with E-state index in [2.05, 4.69) is 10.6 Å². The fraction of sp³-hybridized carbons (Fsp3) is 0.824. The van der Waals surface area contributed by atoms with E-state index in [1.807, 2.05) is 20.8 Å². The maximum absolute atomic E-state index is 12.1. The summed E-state index contributed by atoms with van der Waals surface area (Å²) in [6.07, 6.45) is 2.70. The third-order valence-electron chi connectivity index (χ3n) is 3.79. The Balaban J connectivity index is 2.19. The van der Waals surface area contributed by atoms with Crippen LogP contribution < -0.4 is 10.6 Å². The van der Waals surface area contributed by atoms with E-state index >= 15 is 0 Å². The lowest BCUT2D eigenvalue weighted by Gasteiger charge is -2.32. The Morgan fingerprint density at radius 2 is 1.58 bits per heavy atom. The SMILES string of the molecule is CC(=O)NCCCCNC(=O)C1CCN(C(=O)OC(C)(C)C)CC1. The molecule has 0 bridgehead atoms. The van der Waals surface area contributed by atoms with Gasteiger partial charge in [0.25, 0.3) is 0 Å². The van der Waals surface area contributed by atoms with Crippen LogP contribution in [0.5, 0.6) is 0 Å². The number of likely N-dealkylation sites (tertiary alicyclic amines) is 1. The summed E-state index contributed by atoms with van der Waals surface area (Å²) in [6, 6.07) is 0. The lowest BCUT2D eigenvalue weighted by atomic mass is 9.96. The minimum atomic E-state index is -0.497. The molecule has 0 aliphatic carbocycles. The lowest BCUT2D eigenvalue weighted by Crippen LogP contribution is -2.45. The monoisotopic (exact) mass is 341 g/mol. The van der Waals surface area contributed by atoms with Crippen molar-refractivity contribution in [1.82, 2.24) is 15.5 Å². The van der Waals surface area contributed by atoms with Gasteiger partial charge in [-0.25, -0.2) is 4.79 Å². The highest BCUT2D eigenvalue weighted by atomic mass is 16.6. The van der Waals surface area contributed by atoms with Crippen LogP contribution in [0, 0.1) is 5.92 Å². The van der Waals surface area contributed by atoms with Gasteiger partial charge in [0.1, 0.15) is 5.60 Å². The molecule has 1 aliphatic heterocycles. The second kappa shape index (κ2) is 9.49. The Morgan fingerprint density at radius 1 is 1.04 bits per heavy atom. The van der Waals surface area contributed by atoms with Gasteiger partial charge in [0.05, 0.1) is 0 Å². The van der Waals surface area contributed by atoms with Gasteiger partial charge in [-0.05, 0) is 46.5 Å². The van der Waals surface area contributed by atoms with Crippen LogP contribution in [0.3, 0.4) is 0 Å². The maximum Gasteiger partial charge on any atom is 0.410 e. The van der Waals surface area contributed by atoms with E-state index in [1.165, 1.54) is 6.92 Å². The molecule has 2 N–H and O–H groups in total. The first-order valence-corrected chi connectivity index (χ1v) is 8.69. The molecule has 24 heavy (non-hydrogen) atoms. The summed E-state index contributed by atoms with van der Waals surface area (Å²) in [5, 5.41) is 5.66. The molecule has 138 valence electrons. The summed E-state index contributed by atoms with van der Waals surface area (Å²) in [5.74, 6) is -0.0202. The predicted molar refractivity (Wildman–Crippen MR) is 91.5 cm³/mol. The van der Waals surface area contributed by atoms with E-state index in [0.29, 0.717) is 39.0 Å². The average molecular weight is 341 g/mol. The van der Waals surface area contributed by atoms with Crippen molar-refractivity contribution in [3.05, 3.63) is 0 Å². The molecule has 0 aromatic heterocycles.